The summed E-state index contributed by atoms with van der Waals surface area (Å²) in [5, 5.41) is 6.85. The zero-order valence-corrected chi connectivity index (χ0v) is 11.9. The molecule has 0 aliphatic heterocycles. The number of carbonyl (C=O) groups is 1. The molecule has 0 fully saturated rings. The molecule has 0 aliphatic rings. The van der Waals surface area contributed by atoms with Gasteiger partial charge in [0.1, 0.15) is 5.75 Å². The Morgan fingerprint density at radius 3 is 2.62 bits per heavy atom. The van der Waals surface area contributed by atoms with Crippen LogP contribution in [0.15, 0.2) is 18.2 Å². The SMILES string of the molecule is Cc1nn(C)c(C)c1NC(=O)COc1ccc(F)c(F)c1. The highest BCUT2D eigenvalue weighted by Crippen LogP contribution is 2.19. The van der Waals surface area contributed by atoms with Crippen molar-refractivity contribution in [2.24, 2.45) is 7.05 Å². The number of rotatable bonds is 4. The summed E-state index contributed by atoms with van der Waals surface area (Å²) in [4.78, 5) is 11.8. The van der Waals surface area contributed by atoms with Crippen LogP contribution in [0, 0.1) is 25.5 Å². The average Bonchev–Trinajstić information content (AvgIpc) is 2.67. The number of aromatic nitrogens is 2. The summed E-state index contributed by atoms with van der Waals surface area (Å²) in [6.07, 6.45) is 0. The van der Waals surface area contributed by atoms with Gasteiger partial charge in [-0.2, -0.15) is 5.10 Å². The molecule has 0 spiro atoms. The van der Waals surface area contributed by atoms with E-state index >= 15 is 0 Å². The van der Waals surface area contributed by atoms with Crippen molar-refractivity contribution < 1.29 is 18.3 Å². The molecule has 0 bridgehead atoms. The van der Waals surface area contributed by atoms with E-state index in [0.29, 0.717) is 11.4 Å². The number of anilines is 1. The van der Waals surface area contributed by atoms with Crippen LogP contribution in [0.25, 0.3) is 0 Å². The van der Waals surface area contributed by atoms with E-state index in [1.54, 1.807) is 18.7 Å². The summed E-state index contributed by atoms with van der Waals surface area (Å²) in [7, 11) is 1.77. The lowest BCUT2D eigenvalue weighted by atomic mass is 10.3. The van der Waals surface area contributed by atoms with E-state index in [1.807, 2.05) is 6.92 Å². The Balaban J connectivity index is 1.97. The van der Waals surface area contributed by atoms with Crippen molar-refractivity contribution in [3.8, 4) is 5.75 Å². The van der Waals surface area contributed by atoms with Crippen LogP contribution < -0.4 is 10.1 Å². The first-order valence-electron chi connectivity index (χ1n) is 6.26. The van der Waals surface area contributed by atoms with Gasteiger partial charge >= 0.3 is 0 Å². The average molecular weight is 295 g/mol. The fraction of sp³-hybridized carbons (Fsp3) is 0.286. The smallest absolute Gasteiger partial charge is 0.262 e. The van der Waals surface area contributed by atoms with E-state index in [0.717, 1.165) is 17.8 Å². The van der Waals surface area contributed by atoms with Crippen LogP contribution in [0.4, 0.5) is 14.5 Å². The number of amides is 1. The quantitative estimate of drug-likeness (QED) is 0.942. The molecule has 0 atom stereocenters. The van der Waals surface area contributed by atoms with Gasteiger partial charge in [-0.3, -0.25) is 9.48 Å². The van der Waals surface area contributed by atoms with Crippen LogP contribution in [0.3, 0.4) is 0 Å². The lowest BCUT2D eigenvalue weighted by Gasteiger charge is -2.08. The van der Waals surface area contributed by atoms with Crippen LogP contribution in [-0.2, 0) is 11.8 Å². The third kappa shape index (κ3) is 3.36. The monoisotopic (exact) mass is 295 g/mol. The molecule has 0 saturated carbocycles. The first-order chi connectivity index (χ1) is 9.88. The minimum absolute atomic E-state index is 0.0867. The number of halogens is 2. The van der Waals surface area contributed by atoms with Crippen LogP contribution in [-0.4, -0.2) is 22.3 Å². The zero-order valence-electron chi connectivity index (χ0n) is 11.9. The molecule has 1 aromatic carbocycles. The van der Waals surface area contributed by atoms with Crippen molar-refractivity contribution in [2.45, 2.75) is 13.8 Å². The van der Waals surface area contributed by atoms with Crippen LogP contribution in [0.1, 0.15) is 11.4 Å². The van der Waals surface area contributed by atoms with E-state index < -0.39 is 17.5 Å². The molecule has 1 N–H and O–H groups in total. The molecule has 2 rings (SSSR count). The normalized spacial score (nSPS) is 10.5. The molecule has 0 unspecified atom stereocenters. The number of ether oxygens (including phenoxy) is 1. The van der Waals surface area contributed by atoms with Gasteiger partial charge in [0.25, 0.3) is 5.91 Å². The highest BCUT2D eigenvalue weighted by molar-refractivity contribution is 5.93. The predicted octanol–water partition coefficient (Wildman–Crippen LogP) is 2.33. The summed E-state index contributed by atoms with van der Waals surface area (Å²) in [5.74, 6) is -2.30. The highest BCUT2D eigenvalue weighted by Gasteiger charge is 2.13. The fourth-order valence-corrected chi connectivity index (χ4v) is 1.85. The molecule has 2 aromatic rings. The lowest BCUT2D eigenvalue weighted by molar-refractivity contribution is -0.118. The van der Waals surface area contributed by atoms with E-state index in [1.165, 1.54) is 6.07 Å². The number of nitrogens with zero attached hydrogens (tertiary/aromatic N) is 2. The molecule has 7 heteroatoms. The van der Waals surface area contributed by atoms with Crippen LogP contribution >= 0.6 is 0 Å². The minimum Gasteiger partial charge on any atom is -0.484 e. The maximum Gasteiger partial charge on any atom is 0.262 e. The zero-order chi connectivity index (χ0) is 15.6. The number of benzene rings is 1. The second-order valence-corrected chi connectivity index (χ2v) is 4.58. The Bertz CT molecular complexity index is 683. The molecule has 0 aliphatic carbocycles. The second kappa shape index (κ2) is 5.90. The van der Waals surface area contributed by atoms with Gasteiger partial charge in [-0.05, 0) is 26.0 Å². The van der Waals surface area contributed by atoms with Gasteiger partial charge in [-0.15, -0.1) is 0 Å². The molecule has 21 heavy (non-hydrogen) atoms. The van der Waals surface area contributed by atoms with Gasteiger partial charge in [0.05, 0.1) is 17.1 Å². The van der Waals surface area contributed by atoms with Crippen molar-refractivity contribution in [1.29, 1.82) is 0 Å². The number of nitrogens with one attached hydrogen (secondary N) is 1. The number of carbonyl (C=O) groups excluding carboxylic acids is 1. The summed E-state index contributed by atoms with van der Waals surface area (Å²) in [6.45, 7) is 3.30. The Hall–Kier alpha value is -2.44. The maximum atomic E-state index is 13.0. The van der Waals surface area contributed by atoms with E-state index in [-0.39, 0.29) is 12.4 Å². The van der Waals surface area contributed by atoms with Gasteiger partial charge in [0.2, 0.25) is 0 Å². The summed E-state index contributed by atoms with van der Waals surface area (Å²) in [5.41, 5.74) is 2.13. The van der Waals surface area contributed by atoms with Gasteiger partial charge in [0, 0.05) is 13.1 Å². The van der Waals surface area contributed by atoms with E-state index in [9.17, 15) is 13.6 Å². The standard InChI is InChI=1S/C14H15F2N3O2/c1-8-14(9(2)19(3)18-8)17-13(20)7-21-10-4-5-11(15)12(16)6-10/h4-6H,7H2,1-3H3,(H,17,20). The summed E-state index contributed by atoms with van der Waals surface area (Å²) in [6, 6.07) is 3.09. The molecule has 1 amide bonds. The van der Waals surface area contributed by atoms with Gasteiger partial charge in [-0.1, -0.05) is 0 Å². The molecule has 5 nitrogen and oxygen atoms in total. The van der Waals surface area contributed by atoms with Gasteiger partial charge in [0.15, 0.2) is 18.2 Å². The molecule has 112 valence electrons. The first kappa shape index (κ1) is 15.0. The summed E-state index contributed by atoms with van der Waals surface area (Å²) >= 11 is 0. The van der Waals surface area contributed by atoms with Gasteiger partial charge < -0.3 is 10.1 Å². The second-order valence-electron chi connectivity index (χ2n) is 4.58. The molecular weight excluding hydrogens is 280 g/mol. The maximum absolute atomic E-state index is 13.0. The highest BCUT2D eigenvalue weighted by atomic mass is 19.2. The van der Waals surface area contributed by atoms with Crippen molar-refractivity contribution in [2.75, 3.05) is 11.9 Å². The number of hydrogen-bond donors (Lipinski definition) is 1. The van der Waals surface area contributed by atoms with E-state index in [2.05, 4.69) is 10.4 Å². The minimum atomic E-state index is -1.02. The molecule has 0 saturated heterocycles. The number of hydrogen-bond acceptors (Lipinski definition) is 3. The van der Waals surface area contributed by atoms with Crippen molar-refractivity contribution in [3.63, 3.8) is 0 Å². The molecule has 1 aromatic heterocycles. The molecule has 0 radical (unpaired) electrons. The van der Waals surface area contributed by atoms with E-state index in [4.69, 9.17) is 4.74 Å². The third-order valence-corrected chi connectivity index (χ3v) is 3.03. The van der Waals surface area contributed by atoms with Gasteiger partial charge in [-0.25, -0.2) is 8.78 Å². The largest absolute Gasteiger partial charge is 0.484 e. The third-order valence-electron chi connectivity index (χ3n) is 3.03. The molecule has 1 heterocycles. The lowest BCUT2D eigenvalue weighted by Crippen LogP contribution is -2.21. The topological polar surface area (TPSA) is 56.2 Å². The Kier molecular flexibility index (Phi) is 4.21. The Labute approximate surface area is 120 Å². The molecular formula is C14H15F2N3O2. The summed E-state index contributed by atoms with van der Waals surface area (Å²) < 4.78 is 32.5. The van der Waals surface area contributed by atoms with Crippen LogP contribution in [0.5, 0.6) is 5.75 Å². The van der Waals surface area contributed by atoms with Crippen molar-refractivity contribution in [3.05, 3.63) is 41.2 Å². The van der Waals surface area contributed by atoms with Crippen molar-refractivity contribution in [1.82, 2.24) is 9.78 Å². The predicted molar refractivity (Wildman–Crippen MR) is 73.2 cm³/mol. The van der Waals surface area contributed by atoms with Crippen molar-refractivity contribution >= 4 is 11.6 Å². The number of aryl methyl sites for hydroxylation is 2. The fourth-order valence-electron chi connectivity index (χ4n) is 1.85. The van der Waals surface area contributed by atoms with Crippen LogP contribution in [0.2, 0.25) is 0 Å². The Morgan fingerprint density at radius 2 is 2.05 bits per heavy atom. The Morgan fingerprint density at radius 1 is 1.33 bits per heavy atom. The first-order valence-corrected chi connectivity index (χ1v) is 6.26.